The summed E-state index contributed by atoms with van der Waals surface area (Å²) in [6.07, 6.45) is 4.46. The van der Waals surface area contributed by atoms with Crippen LogP contribution in [0.5, 0.6) is 11.5 Å². The lowest BCUT2D eigenvalue weighted by Crippen LogP contribution is -2.51. The van der Waals surface area contributed by atoms with Gasteiger partial charge in [-0.1, -0.05) is 25.0 Å². The molecule has 0 saturated heterocycles. The first kappa shape index (κ1) is 20.7. The number of carbonyl (C=O) groups excluding carboxylic acids is 2. The van der Waals surface area contributed by atoms with Gasteiger partial charge in [-0.05, 0) is 60.7 Å². The third-order valence-electron chi connectivity index (χ3n) is 7.15. The van der Waals surface area contributed by atoms with Crippen molar-refractivity contribution in [2.45, 2.75) is 50.6 Å². The van der Waals surface area contributed by atoms with Gasteiger partial charge in [0.1, 0.15) is 13.2 Å². The van der Waals surface area contributed by atoms with E-state index in [-0.39, 0.29) is 17.5 Å². The van der Waals surface area contributed by atoms with Gasteiger partial charge in [0.15, 0.2) is 11.5 Å². The van der Waals surface area contributed by atoms with Crippen molar-refractivity contribution >= 4 is 11.9 Å². The topological polar surface area (TPSA) is 93.9 Å². The summed E-state index contributed by atoms with van der Waals surface area (Å²) >= 11 is 0. The lowest BCUT2D eigenvalue weighted by molar-refractivity contribution is 0.1000. The SMILES string of the molecule is CC1c2cc3c(cc2C2(CCCC2)CN1C(=O)NCc1cccc(C(N)=O)c1)OCCO3. The number of fused-ring (bicyclic) bond motifs is 3. The number of hydrogen-bond donors (Lipinski definition) is 2. The minimum atomic E-state index is -0.475. The fourth-order valence-electron chi connectivity index (χ4n) is 5.47. The molecule has 0 aromatic heterocycles. The number of primary amides is 1. The van der Waals surface area contributed by atoms with Crippen LogP contribution in [0.2, 0.25) is 0 Å². The fourth-order valence-corrected chi connectivity index (χ4v) is 5.47. The summed E-state index contributed by atoms with van der Waals surface area (Å²) in [5.74, 6) is 1.11. The molecule has 2 aromatic carbocycles. The normalized spacial score (nSPS) is 20.7. The van der Waals surface area contributed by atoms with Crippen molar-refractivity contribution < 1.29 is 19.1 Å². The number of hydrogen-bond acceptors (Lipinski definition) is 4. The van der Waals surface area contributed by atoms with E-state index in [0.29, 0.717) is 31.9 Å². The average Bonchev–Trinajstić information content (AvgIpc) is 3.28. The second kappa shape index (κ2) is 8.04. The van der Waals surface area contributed by atoms with Crippen molar-refractivity contribution in [3.8, 4) is 11.5 Å². The first-order valence-corrected chi connectivity index (χ1v) is 11.3. The van der Waals surface area contributed by atoms with E-state index in [0.717, 1.165) is 48.3 Å². The molecule has 7 nitrogen and oxygen atoms in total. The van der Waals surface area contributed by atoms with E-state index < -0.39 is 5.91 Å². The van der Waals surface area contributed by atoms with Gasteiger partial charge >= 0.3 is 6.03 Å². The molecule has 3 amide bonds. The molecule has 1 unspecified atom stereocenters. The highest BCUT2D eigenvalue weighted by Gasteiger charge is 2.46. The van der Waals surface area contributed by atoms with Crippen molar-refractivity contribution in [3.05, 3.63) is 58.7 Å². The molecule has 1 atom stereocenters. The Hall–Kier alpha value is -3.22. The van der Waals surface area contributed by atoms with Gasteiger partial charge in [0, 0.05) is 24.1 Å². The molecule has 3 aliphatic rings. The molecule has 2 aliphatic heterocycles. The van der Waals surface area contributed by atoms with Crippen LogP contribution < -0.4 is 20.5 Å². The predicted octanol–water partition coefficient (Wildman–Crippen LogP) is 3.65. The third kappa shape index (κ3) is 3.55. The van der Waals surface area contributed by atoms with Crippen LogP contribution in [-0.4, -0.2) is 36.6 Å². The molecule has 1 fully saturated rings. The Kier molecular flexibility index (Phi) is 5.19. The van der Waals surface area contributed by atoms with Gasteiger partial charge in [-0.25, -0.2) is 4.79 Å². The van der Waals surface area contributed by atoms with Crippen molar-refractivity contribution in [1.29, 1.82) is 0 Å². The Morgan fingerprint density at radius 2 is 1.84 bits per heavy atom. The maximum atomic E-state index is 13.3. The van der Waals surface area contributed by atoms with Gasteiger partial charge in [-0.3, -0.25) is 4.79 Å². The maximum absolute atomic E-state index is 13.3. The number of nitrogens with one attached hydrogen (secondary N) is 1. The van der Waals surface area contributed by atoms with Crippen LogP contribution in [0.1, 0.15) is 65.7 Å². The number of urea groups is 1. The summed E-state index contributed by atoms with van der Waals surface area (Å²) in [6, 6.07) is 11.1. The maximum Gasteiger partial charge on any atom is 0.318 e. The second-order valence-electron chi connectivity index (χ2n) is 9.10. The van der Waals surface area contributed by atoms with Crippen molar-refractivity contribution in [2.24, 2.45) is 5.73 Å². The molecule has 2 heterocycles. The molecular weight excluding hydrogens is 406 g/mol. The van der Waals surface area contributed by atoms with E-state index in [1.54, 1.807) is 18.2 Å². The number of benzene rings is 2. The van der Waals surface area contributed by atoms with Crippen LogP contribution >= 0.6 is 0 Å². The molecular formula is C25H29N3O4. The number of carbonyl (C=O) groups is 2. The van der Waals surface area contributed by atoms with Gasteiger partial charge in [0.2, 0.25) is 5.91 Å². The van der Waals surface area contributed by atoms with Gasteiger partial charge in [-0.15, -0.1) is 0 Å². The van der Waals surface area contributed by atoms with Crippen molar-refractivity contribution in [2.75, 3.05) is 19.8 Å². The smallest absolute Gasteiger partial charge is 0.318 e. The predicted molar refractivity (Wildman–Crippen MR) is 120 cm³/mol. The van der Waals surface area contributed by atoms with E-state index in [2.05, 4.69) is 24.4 Å². The summed E-state index contributed by atoms with van der Waals surface area (Å²) in [5, 5.41) is 3.04. The number of ether oxygens (including phenoxy) is 2. The number of rotatable bonds is 3. The van der Waals surface area contributed by atoms with Gasteiger partial charge in [-0.2, -0.15) is 0 Å². The van der Waals surface area contributed by atoms with Gasteiger partial charge in [0.05, 0.1) is 6.04 Å². The van der Waals surface area contributed by atoms with Crippen LogP contribution in [0.3, 0.4) is 0 Å². The lowest BCUT2D eigenvalue weighted by atomic mass is 9.71. The van der Waals surface area contributed by atoms with E-state index >= 15 is 0 Å². The Balaban J connectivity index is 1.41. The quantitative estimate of drug-likeness (QED) is 0.769. The van der Waals surface area contributed by atoms with E-state index in [1.165, 1.54) is 5.56 Å². The van der Waals surface area contributed by atoms with E-state index in [4.69, 9.17) is 15.2 Å². The average molecular weight is 436 g/mol. The highest BCUT2D eigenvalue weighted by molar-refractivity contribution is 5.92. The summed E-state index contributed by atoms with van der Waals surface area (Å²) in [7, 11) is 0. The van der Waals surface area contributed by atoms with Crippen LogP contribution in [-0.2, 0) is 12.0 Å². The van der Waals surface area contributed by atoms with Gasteiger partial charge < -0.3 is 25.4 Å². The minimum absolute atomic E-state index is 0.0408. The zero-order valence-corrected chi connectivity index (χ0v) is 18.4. The molecule has 1 aliphatic carbocycles. The summed E-state index contributed by atoms with van der Waals surface area (Å²) < 4.78 is 11.7. The van der Waals surface area contributed by atoms with Crippen LogP contribution in [0.4, 0.5) is 4.79 Å². The van der Waals surface area contributed by atoms with E-state index in [1.807, 2.05) is 11.0 Å². The molecule has 1 spiro atoms. The molecule has 168 valence electrons. The molecule has 5 rings (SSSR count). The zero-order chi connectivity index (χ0) is 22.3. The van der Waals surface area contributed by atoms with Crippen molar-refractivity contribution in [3.63, 3.8) is 0 Å². The molecule has 0 bridgehead atoms. The highest BCUT2D eigenvalue weighted by Crippen LogP contribution is 2.51. The minimum Gasteiger partial charge on any atom is -0.486 e. The van der Waals surface area contributed by atoms with Crippen molar-refractivity contribution in [1.82, 2.24) is 10.2 Å². The molecule has 2 aromatic rings. The number of nitrogens with two attached hydrogens (primary N) is 1. The second-order valence-corrected chi connectivity index (χ2v) is 9.10. The molecule has 7 heteroatoms. The van der Waals surface area contributed by atoms with Crippen LogP contribution in [0.15, 0.2) is 36.4 Å². The Morgan fingerprint density at radius 1 is 1.12 bits per heavy atom. The summed E-state index contributed by atoms with van der Waals surface area (Å²) in [6.45, 7) is 4.21. The summed E-state index contributed by atoms with van der Waals surface area (Å²) in [4.78, 5) is 26.7. The Labute approximate surface area is 187 Å². The Bertz CT molecular complexity index is 1060. The first-order valence-electron chi connectivity index (χ1n) is 11.3. The van der Waals surface area contributed by atoms with Gasteiger partial charge in [0.25, 0.3) is 0 Å². The van der Waals surface area contributed by atoms with E-state index in [9.17, 15) is 9.59 Å². The van der Waals surface area contributed by atoms with Crippen LogP contribution in [0.25, 0.3) is 0 Å². The lowest BCUT2D eigenvalue weighted by Gasteiger charge is -2.46. The standard InChI is InChI=1S/C25H29N3O4/c1-16-19-12-21-22(32-10-9-31-21)13-20(19)25(7-2-3-8-25)15-28(16)24(30)27-14-17-5-4-6-18(11-17)23(26)29/h4-6,11-13,16H,2-3,7-10,14-15H2,1H3,(H2,26,29)(H,27,30). The monoisotopic (exact) mass is 435 g/mol. The molecule has 0 radical (unpaired) electrons. The van der Waals surface area contributed by atoms with Crippen LogP contribution in [0, 0.1) is 0 Å². The summed E-state index contributed by atoms with van der Waals surface area (Å²) in [5.41, 5.74) is 9.08. The molecule has 3 N–H and O–H groups in total. The first-order chi connectivity index (χ1) is 15.5. The number of amides is 3. The fraction of sp³-hybridized carbons (Fsp3) is 0.440. The largest absolute Gasteiger partial charge is 0.486 e. The zero-order valence-electron chi connectivity index (χ0n) is 18.4. The molecule has 1 saturated carbocycles. The number of nitrogens with zero attached hydrogens (tertiary/aromatic N) is 1. The third-order valence-corrected chi connectivity index (χ3v) is 7.15. The highest BCUT2D eigenvalue weighted by atomic mass is 16.6. The molecule has 32 heavy (non-hydrogen) atoms. The Morgan fingerprint density at radius 3 is 2.56 bits per heavy atom.